The SMILES string of the molecule is Cc1noc(C)c1CC(=O)N1CCCC2(CCCNC2)C1. The molecule has 1 amide bonds. The molecule has 1 spiro atoms. The van der Waals surface area contributed by atoms with Crippen molar-refractivity contribution < 1.29 is 9.32 Å². The van der Waals surface area contributed by atoms with Gasteiger partial charge in [0.05, 0.1) is 12.1 Å². The third-order valence-electron chi connectivity index (χ3n) is 5.08. The Hall–Kier alpha value is -1.36. The molecule has 5 heteroatoms. The molecule has 2 fully saturated rings. The van der Waals surface area contributed by atoms with E-state index >= 15 is 0 Å². The molecule has 1 aromatic rings. The smallest absolute Gasteiger partial charge is 0.227 e. The van der Waals surface area contributed by atoms with Gasteiger partial charge in [-0.15, -0.1) is 0 Å². The summed E-state index contributed by atoms with van der Waals surface area (Å²) in [5.74, 6) is 0.987. The van der Waals surface area contributed by atoms with E-state index in [0.29, 0.717) is 11.8 Å². The molecular weight excluding hydrogens is 266 g/mol. The highest BCUT2D eigenvalue weighted by Gasteiger charge is 2.38. The van der Waals surface area contributed by atoms with Crippen molar-refractivity contribution in [2.24, 2.45) is 5.41 Å². The van der Waals surface area contributed by atoms with Crippen molar-refractivity contribution >= 4 is 5.91 Å². The zero-order valence-electron chi connectivity index (χ0n) is 13.1. The summed E-state index contributed by atoms with van der Waals surface area (Å²) in [5, 5.41) is 7.45. The van der Waals surface area contributed by atoms with Gasteiger partial charge in [-0.1, -0.05) is 5.16 Å². The zero-order chi connectivity index (χ0) is 14.9. The second kappa shape index (κ2) is 5.79. The van der Waals surface area contributed by atoms with Gasteiger partial charge >= 0.3 is 0 Å². The van der Waals surface area contributed by atoms with Crippen LogP contribution in [0.2, 0.25) is 0 Å². The fourth-order valence-corrected chi connectivity index (χ4v) is 3.82. The molecule has 1 atom stereocenters. The first-order valence-electron chi connectivity index (χ1n) is 8.00. The maximum atomic E-state index is 12.6. The zero-order valence-corrected chi connectivity index (χ0v) is 13.1. The van der Waals surface area contributed by atoms with Gasteiger partial charge in [-0.25, -0.2) is 0 Å². The van der Waals surface area contributed by atoms with E-state index in [1.165, 1.54) is 19.3 Å². The second-order valence-corrected chi connectivity index (χ2v) is 6.68. The average molecular weight is 291 g/mol. The average Bonchev–Trinajstić information content (AvgIpc) is 2.80. The lowest BCUT2D eigenvalue weighted by atomic mass is 9.74. The normalized spacial score (nSPS) is 26.3. The highest BCUT2D eigenvalue weighted by Crippen LogP contribution is 2.36. The van der Waals surface area contributed by atoms with Crippen molar-refractivity contribution in [2.45, 2.75) is 46.0 Å². The molecule has 3 heterocycles. The molecule has 1 unspecified atom stereocenters. The van der Waals surface area contributed by atoms with E-state index in [2.05, 4.69) is 15.4 Å². The van der Waals surface area contributed by atoms with E-state index in [4.69, 9.17) is 4.52 Å². The standard InChI is InChI=1S/C16H25N3O2/c1-12-14(13(2)21-18-12)9-15(20)19-8-4-6-16(11-19)5-3-7-17-10-16/h17H,3-11H2,1-2H3. The molecule has 0 bridgehead atoms. The van der Waals surface area contributed by atoms with E-state index in [1.807, 2.05) is 13.8 Å². The molecule has 3 rings (SSSR count). The molecule has 21 heavy (non-hydrogen) atoms. The Morgan fingerprint density at radius 3 is 2.86 bits per heavy atom. The van der Waals surface area contributed by atoms with Crippen molar-refractivity contribution in [1.29, 1.82) is 0 Å². The molecule has 0 aliphatic carbocycles. The number of piperidine rings is 2. The van der Waals surface area contributed by atoms with Crippen LogP contribution in [0.15, 0.2) is 4.52 Å². The number of carbonyl (C=O) groups is 1. The lowest BCUT2D eigenvalue weighted by molar-refractivity contribution is -0.134. The van der Waals surface area contributed by atoms with Gasteiger partial charge in [0.15, 0.2) is 0 Å². The number of hydrogen-bond donors (Lipinski definition) is 1. The largest absolute Gasteiger partial charge is 0.361 e. The summed E-state index contributed by atoms with van der Waals surface area (Å²) in [6.45, 7) is 7.76. The van der Waals surface area contributed by atoms with E-state index in [1.54, 1.807) is 0 Å². The number of amides is 1. The minimum atomic E-state index is 0.217. The molecule has 1 aromatic heterocycles. The van der Waals surface area contributed by atoms with Crippen molar-refractivity contribution in [3.05, 3.63) is 17.0 Å². The predicted octanol–water partition coefficient (Wildman–Crippen LogP) is 1.83. The number of aryl methyl sites for hydroxylation is 2. The van der Waals surface area contributed by atoms with E-state index < -0.39 is 0 Å². The number of nitrogens with one attached hydrogen (secondary N) is 1. The van der Waals surface area contributed by atoms with Crippen molar-refractivity contribution in [3.63, 3.8) is 0 Å². The molecule has 0 aromatic carbocycles. The lowest BCUT2D eigenvalue weighted by Gasteiger charge is -2.45. The summed E-state index contributed by atoms with van der Waals surface area (Å²) in [6.07, 6.45) is 5.26. The maximum absolute atomic E-state index is 12.6. The number of carbonyl (C=O) groups excluding carboxylic acids is 1. The van der Waals surface area contributed by atoms with Crippen LogP contribution in [0.5, 0.6) is 0 Å². The lowest BCUT2D eigenvalue weighted by Crippen LogP contribution is -2.52. The molecule has 2 aliphatic rings. The van der Waals surface area contributed by atoms with Gasteiger partial charge in [-0.3, -0.25) is 4.79 Å². The van der Waals surface area contributed by atoms with E-state index in [0.717, 1.165) is 49.6 Å². The van der Waals surface area contributed by atoms with Crippen LogP contribution < -0.4 is 5.32 Å². The maximum Gasteiger partial charge on any atom is 0.227 e. The van der Waals surface area contributed by atoms with Crippen LogP contribution in [-0.4, -0.2) is 42.1 Å². The molecule has 2 saturated heterocycles. The van der Waals surface area contributed by atoms with Gasteiger partial charge < -0.3 is 14.7 Å². The highest BCUT2D eigenvalue weighted by atomic mass is 16.5. The van der Waals surface area contributed by atoms with Crippen LogP contribution in [-0.2, 0) is 11.2 Å². The summed E-state index contributed by atoms with van der Waals surface area (Å²) in [5.41, 5.74) is 2.11. The summed E-state index contributed by atoms with van der Waals surface area (Å²) in [7, 11) is 0. The second-order valence-electron chi connectivity index (χ2n) is 6.68. The number of aromatic nitrogens is 1. The van der Waals surface area contributed by atoms with Crippen LogP contribution in [0.25, 0.3) is 0 Å². The Morgan fingerprint density at radius 2 is 2.19 bits per heavy atom. The van der Waals surface area contributed by atoms with E-state index in [-0.39, 0.29) is 5.91 Å². The first-order chi connectivity index (χ1) is 10.1. The molecule has 0 saturated carbocycles. The van der Waals surface area contributed by atoms with Crippen LogP contribution in [0, 0.1) is 19.3 Å². The summed E-state index contributed by atoms with van der Waals surface area (Å²) >= 11 is 0. The first kappa shape index (κ1) is 14.6. The number of rotatable bonds is 2. The van der Waals surface area contributed by atoms with Gasteiger partial charge in [-0.05, 0) is 46.1 Å². The Kier molecular flexibility index (Phi) is 4.02. The monoisotopic (exact) mass is 291 g/mol. The van der Waals surface area contributed by atoms with Crippen molar-refractivity contribution in [1.82, 2.24) is 15.4 Å². The van der Waals surface area contributed by atoms with Gasteiger partial charge in [0.1, 0.15) is 5.76 Å². The van der Waals surface area contributed by atoms with E-state index in [9.17, 15) is 4.79 Å². The number of likely N-dealkylation sites (tertiary alicyclic amines) is 1. The van der Waals surface area contributed by atoms with Gasteiger partial charge in [0.25, 0.3) is 0 Å². The van der Waals surface area contributed by atoms with Crippen LogP contribution >= 0.6 is 0 Å². The van der Waals surface area contributed by atoms with Crippen LogP contribution in [0.1, 0.15) is 42.7 Å². The fourth-order valence-electron chi connectivity index (χ4n) is 3.82. The highest BCUT2D eigenvalue weighted by molar-refractivity contribution is 5.79. The molecule has 1 N–H and O–H groups in total. The van der Waals surface area contributed by atoms with Crippen LogP contribution in [0.3, 0.4) is 0 Å². The summed E-state index contributed by atoms with van der Waals surface area (Å²) in [4.78, 5) is 14.7. The van der Waals surface area contributed by atoms with Gasteiger partial charge in [0, 0.05) is 30.6 Å². The third kappa shape index (κ3) is 2.98. The summed E-state index contributed by atoms with van der Waals surface area (Å²) in [6, 6.07) is 0. The quantitative estimate of drug-likeness (QED) is 0.903. The number of hydrogen-bond acceptors (Lipinski definition) is 4. The fraction of sp³-hybridized carbons (Fsp3) is 0.750. The minimum absolute atomic E-state index is 0.217. The Bertz CT molecular complexity index is 493. The third-order valence-corrected chi connectivity index (χ3v) is 5.08. The molecule has 116 valence electrons. The Labute approximate surface area is 126 Å². The predicted molar refractivity (Wildman–Crippen MR) is 80.0 cm³/mol. The minimum Gasteiger partial charge on any atom is -0.361 e. The Morgan fingerprint density at radius 1 is 1.38 bits per heavy atom. The van der Waals surface area contributed by atoms with Crippen LogP contribution in [0.4, 0.5) is 0 Å². The topological polar surface area (TPSA) is 58.4 Å². The van der Waals surface area contributed by atoms with Gasteiger partial charge in [0.2, 0.25) is 5.91 Å². The summed E-state index contributed by atoms with van der Waals surface area (Å²) < 4.78 is 5.16. The van der Waals surface area contributed by atoms with Crippen molar-refractivity contribution in [2.75, 3.05) is 26.2 Å². The molecule has 0 radical (unpaired) electrons. The van der Waals surface area contributed by atoms with Crippen molar-refractivity contribution in [3.8, 4) is 0 Å². The number of nitrogens with zero attached hydrogens (tertiary/aromatic N) is 2. The molecule has 2 aliphatic heterocycles. The Balaban J connectivity index is 1.67. The molecule has 5 nitrogen and oxygen atoms in total. The van der Waals surface area contributed by atoms with Gasteiger partial charge in [-0.2, -0.15) is 0 Å². The molecular formula is C16H25N3O2. The first-order valence-corrected chi connectivity index (χ1v) is 8.00.